The Hall–Kier alpha value is -0.760. The summed E-state index contributed by atoms with van der Waals surface area (Å²) in [7, 11) is -4.26. The molecule has 0 saturated heterocycles. The highest BCUT2D eigenvalue weighted by Gasteiger charge is 2.25. The summed E-state index contributed by atoms with van der Waals surface area (Å²) < 4.78 is 33.3. The largest absolute Gasteiger partial charge is 0.472 e. The molecule has 0 heterocycles. The number of carbonyl (C=O) groups is 1. The van der Waals surface area contributed by atoms with E-state index < -0.39 is 13.9 Å². The molecule has 0 spiro atoms. The third-order valence-corrected chi connectivity index (χ3v) is 9.17. The van der Waals surface area contributed by atoms with Crippen LogP contribution < -0.4 is 5.73 Å². The van der Waals surface area contributed by atoms with Crippen LogP contribution in [0, 0.1) is 0 Å². The molecule has 0 aromatic heterocycles. The second kappa shape index (κ2) is 35.5. The van der Waals surface area contributed by atoms with Gasteiger partial charge in [-0.15, -0.1) is 0 Å². The monoisotopic (exact) mass is 676 g/mol. The molecule has 0 radical (unpaired) electrons. The minimum atomic E-state index is -4.26. The van der Waals surface area contributed by atoms with Crippen LogP contribution in [0.2, 0.25) is 0 Å². The van der Waals surface area contributed by atoms with Gasteiger partial charge >= 0.3 is 13.8 Å². The predicted molar refractivity (Wildman–Crippen MR) is 192 cm³/mol. The molecular weight excluding hydrogens is 601 g/mol. The Bertz CT molecular complexity index is 722. The molecule has 0 aromatic rings. The van der Waals surface area contributed by atoms with E-state index in [0.29, 0.717) is 13.0 Å². The summed E-state index contributed by atoms with van der Waals surface area (Å²) in [6, 6.07) is 0. The van der Waals surface area contributed by atoms with E-state index in [2.05, 4.69) is 26.0 Å². The fraction of sp³-hybridized carbons (Fsp3) is 0.919. The number of allylic oxidation sites excluding steroid dienone is 2. The van der Waals surface area contributed by atoms with E-state index >= 15 is 0 Å². The summed E-state index contributed by atoms with van der Waals surface area (Å²) in [5.74, 6) is -0.332. The first-order valence-electron chi connectivity index (χ1n) is 19.2. The number of phosphoric ester groups is 1. The van der Waals surface area contributed by atoms with Gasteiger partial charge in [-0.3, -0.25) is 13.8 Å². The lowest BCUT2D eigenvalue weighted by Gasteiger charge is -2.20. The van der Waals surface area contributed by atoms with Gasteiger partial charge in [0.25, 0.3) is 0 Å². The number of ether oxygens (including phenoxy) is 2. The lowest BCUT2D eigenvalue weighted by atomic mass is 10.1. The average molecular weight is 676 g/mol. The van der Waals surface area contributed by atoms with Gasteiger partial charge in [0.05, 0.1) is 19.8 Å². The molecule has 0 aromatic carbocycles. The summed E-state index contributed by atoms with van der Waals surface area (Å²) in [6.45, 7) is 4.91. The van der Waals surface area contributed by atoms with Crippen LogP contribution in [0.3, 0.4) is 0 Å². The van der Waals surface area contributed by atoms with E-state index in [0.717, 1.165) is 32.1 Å². The number of phosphoric acid groups is 1. The van der Waals surface area contributed by atoms with E-state index in [4.69, 9.17) is 24.3 Å². The first kappa shape index (κ1) is 45.2. The van der Waals surface area contributed by atoms with Gasteiger partial charge in [-0.25, -0.2) is 4.57 Å². The Kier molecular flexibility index (Phi) is 35.0. The fourth-order valence-electron chi connectivity index (χ4n) is 5.34. The molecule has 0 rings (SSSR count). The Labute approximate surface area is 283 Å². The smallest absolute Gasteiger partial charge is 0.457 e. The number of unbranched alkanes of at least 4 members (excludes halogenated alkanes) is 22. The normalized spacial score (nSPS) is 13.7. The van der Waals surface area contributed by atoms with Crippen LogP contribution in [0.25, 0.3) is 0 Å². The number of esters is 1. The second-order valence-corrected chi connectivity index (χ2v) is 14.2. The third-order valence-electron chi connectivity index (χ3n) is 8.18. The second-order valence-electron chi connectivity index (χ2n) is 12.8. The number of rotatable bonds is 37. The molecule has 0 aliphatic heterocycles. The molecule has 0 saturated carbocycles. The van der Waals surface area contributed by atoms with Gasteiger partial charge in [-0.05, 0) is 38.5 Å². The van der Waals surface area contributed by atoms with Crippen molar-refractivity contribution in [1.29, 1.82) is 0 Å². The van der Waals surface area contributed by atoms with Crippen molar-refractivity contribution >= 4 is 13.8 Å². The van der Waals surface area contributed by atoms with Gasteiger partial charge in [0, 0.05) is 19.6 Å². The summed E-state index contributed by atoms with van der Waals surface area (Å²) in [5.41, 5.74) is 5.35. The van der Waals surface area contributed by atoms with Crippen molar-refractivity contribution in [3.05, 3.63) is 12.2 Å². The molecule has 2 atom stereocenters. The molecule has 9 heteroatoms. The number of carbonyl (C=O) groups excluding carboxylic acids is 1. The highest BCUT2D eigenvalue weighted by molar-refractivity contribution is 7.47. The molecule has 0 aliphatic carbocycles. The fourth-order valence-corrected chi connectivity index (χ4v) is 6.11. The summed E-state index contributed by atoms with van der Waals surface area (Å²) in [4.78, 5) is 22.3. The van der Waals surface area contributed by atoms with Crippen LogP contribution in [-0.2, 0) is 27.9 Å². The minimum absolute atomic E-state index is 0.0937. The van der Waals surface area contributed by atoms with Crippen LogP contribution in [0.4, 0.5) is 0 Å². The highest BCUT2D eigenvalue weighted by Crippen LogP contribution is 2.43. The lowest BCUT2D eigenvalue weighted by molar-refractivity contribution is -0.154. The minimum Gasteiger partial charge on any atom is -0.457 e. The van der Waals surface area contributed by atoms with Crippen LogP contribution in [0.5, 0.6) is 0 Å². The van der Waals surface area contributed by atoms with Crippen molar-refractivity contribution in [2.45, 2.75) is 187 Å². The molecule has 3 N–H and O–H groups in total. The van der Waals surface area contributed by atoms with Gasteiger partial charge in [-0.2, -0.15) is 0 Å². The molecule has 0 bridgehead atoms. The molecule has 46 heavy (non-hydrogen) atoms. The molecule has 274 valence electrons. The maximum absolute atomic E-state index is 12.5. The molecule has 0 aliphatic rings. The van der Waals surface area contributed by atoms with Crippen molar-refractivity contribution in [2.24, 2.45) is 5.73 Å². The third kappa shape index (κ3) is 34.6. The Morgan fingerprint density at radius 2 is 1.09 bits per heavy atom. The Balaban J connectivity index is 4.06. The highest BCUT2D eigenvalue weighted by atomic mass is 31.2. The standard InChI is InChI=1S/C37H74NO7P/c1-3-5-7-9-11-13-15-16-17-18-19-21-23-25-27-29-32-42-34-36(35-44-46(40,41)43-33-31-38)45-37(39)30-28-26-24-22-20-14-12-10-8-6-4-2/h16-17,36H,3-15,18-35,38H2,1-2H3,(H,40,41)/b17-16-. The summed E-state index contributed by atoms with van der Waals surface area (Å²) >= 11 is 0. The number of hydrogen-bond acceptors (Lipinski definition) is 7. The van der Waals surface area contributed by atoms with Crippen LogP contribution in [0.15, 0.2) is 12.2 Å². The van der Waals surface area contributed by atoms with Crippen molar-refractivity contribution in [2.75, 3.05) is 33.0 Å². The predicted octanol–water partition coefficient (Wildman–Crippen LogP) is 10.7. The maximum atomic E-state index is 12.5. The molecular formula is C37H74NO7P. The van der Waals surface area contributed by atoms with E-state index in [1.807, 2.05) is 0 Å². The zero-order valence-corrected chi connectivity index (χ0v) is 31.0. The average Bonchev–Trinajstić information content (AvgIpc) is 3.04. The zero-order chi connectivity index (χ0) is 33.8. The topological polar surface area (TPSA) is 117 Å². The van der Waals surface area contributed by atoms with Crippen molar-refractivity contribution < 1.29 is 32.8 Å². The van der Waals surface area contributed by atoms with Crippen LogP contribution in [-0.4, -0.2) is 49.9 Å². The Morgan fingerprint density at radius 1 is 0.630 bits per heavy atom. The first-order chi connectivity index (χ1) is 22.4. The number of hydrogen-bond donors (Lipinski definition) is 2. The van der Waals surface area contributed by atoms with E-state index in [1.54, 1.807) is 0 Å². The SMILES string of the molecule is CCCCCCCC/C=C\CCCCCCCCOCC(COP(=O)(O)OCCN)OC(=O)CCCCCCCCCCCCC. The first-order valence-corrected chi connectivity index (χ1v) is 20.7. The van der Waals surface area contributed by atoms with Gasteiger partial charge in [0.2, 0.25) is 0 Å². The molecule has 0 amide bonds. The quantitative estimate of drug-likeness (QED) is 0.0289. The maximum Gasteiger partial charge on any atom is 0.472 e. The van der Waals surface area contributed by atoms with Crippen LogP contribution in [0.1, 0.15) is 181 Å². The van der Waals surface area contributed by atoms with Gasteiger partial charge in [0.1, 0.15) is 6.10 Å². The van der Waals surface area contributed by atoms with Crippen molar-refractivity contribution in [3.63, 3.8) is 0 Å². The molecule has 2 unspecified atom stereocenters. The van der Waals surface area contributed by atoms with Crippen molar-refractivity contribution in [1.82, 2.24) is 0 Å². The Morgan fingerprint density at radius 3 is 1.59 bits per heavy atom. The van der Waals surface area contributed by atoms with E-state index in [9.17, 15) is 14.3 Å². The van der Waals surface area contributed by atoms with Crippen LogP contribution >= 0.6 is 7.82 Å². The van der Waals surface area contributed by atoms with Gasteiger partial charge in [-0.1, -0.05) is 148 Å². The lowest BCUT2D eigenvalue weighted by Crippen LogP contribution is -2.28. The molecule has 8 nitrogen and oxygen atoms in total. The van der Waals surface area contributed by atoms with E-state index in [-0.39, 0.29) is 32.3 Å². The number of nitrogens with two attached hydrogens (primary N) is 1. The van der Waals surface area contributed by atoms with Gasteiger partial charge in [0.15, 0.2) is 0 Å². The summed E-state index contributed by atoms with van der Waals surface area (Å²) in [5, 5.41) is 0. The van der Waals surface area contributed by atoms with E-state index in [1.165, 1.54) is 128 Å². The summed E-state index contributed by atoms with van der Waals surface area (Å²) in [6.07, 6.45) is 35.0. The molecule has 0 fully saturated rings. The zero-order valence-electron chi connectivity index (χ0n) is 30.1. The van der Waals surface area contributed by atoms with Crippen molar-refractivity contribution in [3.8, 4) is 0 Å². The van der Waals surface area contributed by atoms with Gasteiger partial charge < -0.3 is 20.1 Å².